The number of carboxylic acids is 1. The number of rotatable bonds is 4. The van der Waals surface area contributed by atoms with Crippen molar-refractivity contribution in [3.05, 3.63) is 29.1 Å². The lowest BCUT2D eigenvalue weighted by atomic mass is 9.53. The fraction of sp³-hybridized carbons (Fsp3) is 0.650. The standard InChI is InChI=1S/C20H22F2O3/c21-16-6-17(14(11-1-2-11)5-15(16)19(23)24)25-18-12-3-10-4-13(18)9-20(22,7-10)8-12/h5-6,10-13,18H,1-4,7-9H2,(H,23,24)/t10-,12-,13+,18-,20-. The van der Waals surface area contributed by atoms with E-state index in [1.54, 1.807) is 0 Å². The molecule has 5 aliphatic carbocycles. The van der Waals surface area contributed by atoms with Gasteiger partial charge in [0.15, 0.2) is 0 Å². The summed E-state index contributed by atoms with van der Waals surface area (Å²) in [5, 5.41) is 9.18. The van der Waals surface area contributed by atoms with Crippen molar-refractivity contribution >= 4 is 5.97 Å². The van der Waals surface area contributed by atoms with Crippen molar-refractivity contribution < 1.29 is 23.4 Å². The molecule has 0 heterocycles. The van der Waals surface area contributed by atoms with Crippen LogP contribution in [0.2, 0.25) is 0 Å². The Morgan fingerprint density at radius 1 is 1.16 bits per heavy atom. The predicted octanol–water partition coefficient (Wildman–Crippen LogP) is 4.70. The molecule has 1 aromatic rings. The highest BCUT2D eigenvalue weighted by Gasteiger charge is 2.57. The van der Waals surface area contributed by atoms with E-state index in [2.05, 4.69) is 0 Å². The Labute approximate surface area is 145 Å². The van der Waals surface area contributed by atoms with E-state index in [-0.39, 0.29) is 29.4 Å². The Bertz CT molecular complexity index is 727. The largest absolute Gasteiger partial charge is 0.489 e. The van der Waals surface area contributed by atoms with Crippen molar-refractivity contribution in [3.63, 3.8) is 0 Å². The van der Waals surface area contributed by atoms with Gasteiger partial charge in [0, 0.05) is 6.07 Å². The summed E-state index contributed by atoms with van der Waals surface area (Å²) in [5.74, 6) is -0.390. The quantitative estimate of drug-likeness (QED) is 0.858. The van der Waals surface area contributed by atoms with Gasteiger partial charge in [-0.2, -0.15) is 0 Å². The molecule has 25 heavy (non-hydrogen) atoms. The van der Waals surface area contributed by atoms with Crippen LogP contribution in [0.1, 0.15) is 66.8 Å². The van der Waals surface area contributed by atoms with Gasteiger partial charge in [-0.3, -0.25) is 0 Å². The van der Waals surface area contributed by atoms with E-state index >= 15 is 0 Å². The highest BCUT2D eigenvalue weighted by atomic mass is 19.1. The fourth-order valence-corrected chi connectivity index (χ4v) is 5.77. The summed E-state index contributed by atoms with van der Waals surface area (Å²) < 4.78 is 35.3. The van der Waals surface area contributed by atoms with Crippen LogP contribution in [-0.4, -0.2) is 22.8 Å². The number of benzene rings is 1. The molecule has 0 aromatic heterocycles. The molecule has 5 atom stereocenters. The molecular weight excluding hydrogens is 326 g/mol. The van der Waals surface area contributed by atoms with Gasteiger partial charge >= 0.3 is 5.97 Å². The van der Waals surface area contributed by atoms with Gasteiger partial charge in [0.05, 0.1) is 5.56 Å². The molecule has 5 heteroatoms. The molecule has 134 valence electrons. The van der Waals surface area contributed by atoms with E-state index in [0.29, 0.717) is 30.9 Å². The monoisotopic (exact) mass is 348 g/mol. The van der Waals surface area contributed by atoms with E-state index in [9.17, 15) is 18.7 Å². The first-order valence-electron chi connectivity index (χ1n) is 9.34. The van der Waals surface area contributed by atoms with Crippen molar-refractivity contribution in [3.8, 4) is 5.75 Å². The molecule has 0 radical (unpaired) electrons. The number of carboxylic acid groups (broad SMARTS) is 1. The molecule has 1 aromatic carbocycles. The molecule has 0 unspecified atom stereocenters. The number of hydrogen-bond donors (Lipinski definition) is 1. The summed E-state index contributed by atoms with van der Waals surface area (Å²) in [6.07, 6.45) is 5.71. The summed E-state index contributed by atoms with van der Waals surface area (Å²) in [6, 6.07) is 2.69. The average molecular weight is 348 g/mol. The lowest BCUT2D eigenvalue weighted by Crippen LogP contribution is -2.56. The third-order valence-electron chi connectivity index (χ3n) is 6.72. The minimum atomic E-state index is -1.25. The Morgan fingerprint density at radius 2 is 1.84 bits per heavy atom. The van der Waals surface area contributed by atoms with Gasteiger partial charge in [-0.15, -0.1) is 0 Å². The zero-order valence-corrected chi connectivity index (χ0v) is 14.0. The van der Waals surface area contributed by atoms with Crippen LogP contribution in [0.4, 0.5) is 8.78 Å². The Hall–Kier alpha value is -1.65. The number of carbonyl (C=O) groups is 1. The average Bonchev–Trinajstić information content (AvgIpc) is 3.33. The van der Waals surface area contributed by atoms with Crippen LogP contribution in [0.3, 0.4) is 0 Å². The van der Waals surface area contributed by atoms with E-state index in [0.717, 1.165) is 31.2 Å². The van der Waals surface area contributed by atoms with Gasteiger partial charge in [-0.05, 0) is 80.2 Å². The maximum absolute atomic E-state index is 14.8. The first-order valence-corrected chi connectivity index (χ1v) is 9.34. The summed E-state index contributed by atoms with van der Waals surface area (Å²) in [6.45, 7) is 0. The van der Waals surface area contributed by atoms with Gasteiger partial charge in [-0.25, -0.2) is 13.6 Å². The van der Waals surface area contributed by atoms with E-state index in [4.69, 9.17) is 4.74 Å². The molecule has 0 amide bonds. The van der Waals surface area contributed by atoms with Crippen molar-refractivity contribution in [2.24, 2.45) is 17.8 Å². The molecule has 0 saturated heterocycles. The van der Waals surface area contributed by atoms with Crippen molar-refractivity contribution in [1.82, 2.24) is 0 Å². The zero-order chi connectivity index (χ0) is 17.3. The molecular formula is C20H22F2O3. The lowest BCUT2D eigenvalue weighted by molar-refractivity contribution is -0.134. The molecule has 5 fully saturated rings. The van der Waals surface area contributed by atoms with Crippen molar-refractivity contribution in [1.29, 1.82) is 0 Å². The second kappa shape index (κ2) is 5.18. The summed E-state index contributed by atoms with van der Waals surface area (Å²) in [5.41, 5.74) is -0.502. The summed E-state index contributed by atoms with van der Waals surface area (Å²) in [7, 11) is 0. The third kappa shape index (κ3) is 2.54. The van der Waals surface area contributed by atoms with Crippen LogP contribution in [0, 0.1) is 23.6 Å². The third-order valence-corrected chi connectivity index (χ3v) is 6.72. The number of hydrogen-bond acceptors (Lipinski definition) is 2. The highest BCUT2D eigenvalue weighted by Crippen LogP contribution is 2.58. The number of ether oxygens (including phenoxy) is 1. The minimum absolute atomic E-state index is 0.0620. The molecule has 5 saturated carbocycles. The van der Waals surface area contributed by atoms with Crippen LogP contribution >= 0.6 is 0 Å². The number of halogens is 2. The maximum atomic E-state index is 14.8. The predicted molar refractivity (Wildman–Crippen MR) is 87.1 cm³/mol. The molecule has 1 N–H and O–H groups in total. The summed E-state index contributed by atoms with van der Waals surface area (Å²) >= 11 is 0. The Morgan fingerprint density at radius 3 is 2.40 bits per heavy atom. The smallest absolute Gasteiger partial charge is 0.338 e. The minimum Gasteiger partial charge on any atom is -0.489 e. The van der Waals surface area contributed by atoms with Gasteiger partial charge in [-0.1, -0.05) is 0 Å². The van der Waals surface area contributed by atoms with E-state index in [1.807, 2.05) is 0 Å². The lowest BCUT2D eigenvalue weighted by Gasteiger charge is -2.56. The molecule has 5 aliphatic rings. The normalized spacial score (nSPS) is 38.8. The van der Waals surface area contributed by atoms with Crippen LogP contribution in [-0.2, 0) is 0 Å². The van der Waals surface area contributed by atoms with Gasteiger partial charge < -0.3 is 9.84 Å². The highest BCUT2D eigenvalue weighted by molar-refractivity contribution is 5.88. The second-order valence-corrected chi connectivity index (χ2v) is 8.65. The first kappa shape index (κ1) is 15.6. The number of alkyl halides is 1. The van der Waals surface area contributed by atoms with Crippen LogP contribution < -0.4 is 4.74 Å². The molecule has 4 bridgehead atoms. The van der Waals surface area contributed by atoms with Crippen LogP contribution in [0.25, 0.3) is 0 Å². The fourth-order valence-electron chi connectivity index (χ4n) is 5.77. The van der Waals surface area contributed by atoms with Crippen molar-refractivity contribution in [2.75, 3.05) is 0 Å². The van der Waals surface area contributed by atoms with Gasteiger partial charge in [0.25, 0.3) is 0 Å². The molecule has 0 aliphatic heterocycles. The second-order valence-electron chi connectivity index (χ2n) is 8.65. The SMILES string of the molecule is O=C(O)c1cc(C2CC2)c(O[C@@H]2[C@@H]3C[C@@H]4C[C@H]2C[C@@](F)(C4)C3)cc1F. The topological polar surface area (TPSA) is 46.5 Å². The molecule has 6 rings (SSSR count). The van der Waals surface area contributed by atoms with E-state index in [1.165, 1.54) is 12.1 Å². The number of aromatic carboxylic acids is 1. The first-order chi connectivity index (χ1) is 11.9. The van der Waals surface area contributed by atoms with Crippen LogP contribution in [0.5, 0.6) is 5.75 Å². The Balaban J connectivity index is 1.46. The zero-order valence-electron chi connectivity index (χ0n) is 14.0. The molecule has 0 spiro atoms. The molecule has 3 nitrogen and oxygen atoms in total. The van der Waals surface area contributed by atoms with Crippen molar-refractivity contribution in [2.45, 2.75) is 62.6 Å². The Kier molecular flexibility index (Phi) is 3.23. The maximum Gasteiger partial charge on any atom is 0.338 e. The van der Waals surface area contributed by atoms with Gasteiger partial charge in [0.1, 0.15) is 23.3 Å². The summed E-state index contributed by atoms with van der Waals surface area (Å²) in [4.78, 5) is 11.2. The van der Waals surface area contributed by atoms with Gasteiger partial charge in [0.2, 0.25) is 0 Å². The van der Waals surface area contributed by atoms with E-state index < -0.39 is 17.5 Å². The van der Waals surface area contributed by atoms with Crippen LogP contribution in [0.15, 0.2) is 12.1 Å².